The van der Waals surface area contributed by atoms with E-state index in [0.717, 1.165) is 36.0 Å². The summed E-state index contributed by atoms with van der Waals surface area (Å²) in [5.41, 5.74) is 1.03. The predicted molar refractivity (Wildman–Crippen MR) is 81.1 cm³/mol. The van der Waals surface area contributed by atoms with Crippen molar-refractivity contribution in [3.05, 3.63) is 34.9 Å². The Hall–Kier alpha value is -0.750. The van der Waals surface area contributed by atoms with Crippen LogP contribution in [-0.4, -0.2) is 53.7 Å². The van der Waals surface area contributed by atoms with E-state index in [0.29, 0.717) is 13.3 Å². The van der Waals surface area contributed by atoms with Crippen LogP contribution in [0.25, 0.3) is 0 Å². The minimum absolute atomic E-state index is 0.0113. The smallest absolute Gasteiger partial charge is 0.282 e. The van der Waals surface area contributed by atoms with Gasteiger partial charge in [0, 0.05) is 36.0 Å². The quantitative estimate of drug-likeness (QED) is 0.859. The molecular formula is C14H17ClN2O2S. The Kier molecular flexibility index (Phi) is 4.51. The van der Waals surface area contributed by atoms with Crippen molar-refractivity contribution in [3.8, 4) is 0 Å². The van der Waals surface area contributed by atoms with E-state index < -0.39 is 0 Å². The molecule has 2 heterocycles. The highest BCUT2D eigenvalue weighted by Crippen LogP contribution is 2.28. The van der Waals surface area contributed by atoms with Crippen molar-refractivity contribution < 1.29 is 9.53 Å². The SMILES string of the molecule is O=C1SCCN1CN1CCO[C@@H](c2ccccc2Cl)C1. The van der Waals surface area contributed by atoms with Crippen LogP contribution in [0, 0.1) is 0 Å². The van der Waals surface area contributed by atoms with Gasteiger partial charge in [-0.1, -0.05) is 41.6 Å². The largest absolute Gasteiger partial charge is 0.371 e. The van der Waals surface area contributed by atoms with Gasteiger partial charge < -0.3 is 9.64 Å². The zero-order valence-electron chi connectivity index (χ0n) is 11.1. The number of amides is 1. The molecule has 0 aliphatic carbocycles. The summed E-state index contributed by atoms with van der Waals surface area (Å²) in [6.07, 6.45) is -0.0113. The molecule has 2 aliphatic heterocycles. The number of carbonyl (C=O) groups excluding carboxylic acids is 1. The molecule has 1 atom stereocenters. The molecule has 0 N–H and O–H groups in total. The summed E-state index contributed by atoms with van der Waals surface area (Å²) in [5.74, 6) is 0.900. The molecule has 4 nitrogen and oxygen atoms in total. The molecule has 6 heteroatoms. The van der Waals surface area contributed by atoms with Gasteiger partial charge in [0.15, 0.2) is 0 Å². The highest BCUT2D eigenvalue weighted by molar-refractivity contribution is 8.13. The summed E-state index contributed by atoms with van der Waals surface area (Å²) < 4.78 is 5.83. The Morgan fingerprint density at radius 2 is 2.20 bits per heavy atom. The standard InChI is InChI=1S/C14H17ClN2O2S/c15-12-4-2-1-3-11(12)13-9-16(5-7-19-13)10-17-6-8-20-14(17)18/h1-4,13H,5-10H2/t13-/m1/s1. The first-order valence-electron chi connectivity index (χ1n) is 6.74. The van der Waals surface area contributed by atoms with Crippen molar-refractivity contribution in [1.29, 1.82) is 0 Å². The zero-order valence-corrected chi connectivity index (χ0v) is 12.7. The van der Waals surface area contributed by atoms with Gasteiger partial charge in [-0.05, 0) is 6.07 Å². The number of nitrogens with zero attached hydrogens (tertiary/aromatic N) is 2. The summed E-state index contributed by atoms with van der Waals surface area (Å²) in [6.45, 7) is 3.84. The topological polar surface area (TPSA) is 32.8 Å². The van der Waals surface area contributed by atoms with Crippen LogP contribution in [-0.2, 0) is 4.74 Å². The van der Waals surface area contributed by atoms with Gasteiger partial charge in [-0.15, -0.1) is 0 Å². The van der Waals surface area contributed by atoms with E-state index in [2.05, 4.69) is 4.90 Å². The van der Waals surface area contributed by atoms with Gasteiger partial charge in [0.2, 0.25) is 0 Å². The number of carbonyl (C=O) groups is 1. The molecule has 20 heavy (non-hydrogen) atoms. The van der Waals surface area contributed by atoms with Crippen LogP contribution in [0.1, 0.15) is 11.7 Å². The average molecular weight is 313 g/mol. The number of benzene rings is 1. The van der Waals surface area contributed by atoms with Crippen LogP contribution < -0.4 is 0 Å². The van der Waals surface area contributed by atoms with Crippen molar-refractivity contribution in [2.45, 2.75) is 6.10 Å². The molecule has 0 bridgehead atoms. The average Bonchev–Trinajstić information content (AvgIpc) is 2.85. The Morgan fingerprint density at radius 1 is 1.35 bits per heavy atom. The van der Waals surface area contributed by atoms with Crippen LogP contribution in [0.3, 0.4) is 0 Å². The normalized spacial score (nSPS) is 24.4. The Labute approximate surface area is 128 Å². The van der Waals surface area contributed by atoms with Crippen LogP contribution in [0.5, 0.6) is 0 Å². The van der Waals surface area contributed by atoms with Gasteiger partial charge in [-0.3, -0.25) is 9.69 Å². The second-order valence-electron chi connectivity index (χ2n) is 4.98. The van der Waals surface area contributed by atoms with E-state index in [1.807, 2.05) is 29.2 Å². The summed E-state index contributed by atoms with van der Waals surface area (Å²) in [5, 5.41) is 0.929. The van der Waals surface area contributed by atoms with E-state index in [-0.39, 0.29) is 11.3 Å². The Morgan fingerprint density at radius 3 is 2.95 bits per heavy atom. The maximum Gasteiger partial charge on any atom is 0.282 e. The van der Waals surface area contributed by atoms with Gasteiger partial charge in [-0.2, -0.15) is 0 Å². The molecule has 108 valence electrons. The Bertz CT molecular complexity index is 500. The molecule has 3 rings (SSSR count). The van der Waals surface area contributed by atoms with E-state index in [9.17, 15) is 4.79 Å². The number of thioether (sulfide) groups is 1. The molecule has 2 saturated heterocycles. The molecule has 1 aromatic carbocycles. The number of ether oxygens (including phenoxy) is 1. The van der Waals surface area contributed by atoms with E-state index in [4.69, 9.17) is 16.3 Å². The Balaban J connectivity index is 1.64. The summed E-state index contributed by atoms with van der Waals surface area (Å²) in [6, 6.07) is 7.80. The molecule has 2 aliphatic rings. The number of rotatable bonds is 3. The van der Waals surface area contributed by atoms with Crippen LogP contribution in [0.4, 0.5) is 4.79 Å². The molecule has 0 aromatic heterocycles. The fourth-order valence-electron chi connectivity index (χ4n) is 2.55. The van der Waals surface area contributed by atoms with Crippen molar-refractivity contribution in [2.75, 3.05) is 38.7 Å². The predicted octanol–water partition coefficient (Wildman–Crippen LogP) is 2.84. The summed E-state index contributed by atoms with van der Waals surface area (Å²) >= 11 is 7.63. The summed E-state index contributed by atoms with van der Waals surface area (Å²) in [4.78, 5) is 15.8. The van der Waals surface area contributed by atoms with Gasteiger partial charge in [-0.25, -0.2) is 0 Å². The zero-order chi connectivity index (χ0) is 13.9. The third kappa shape index (κ3) is 3.11. The second-order valence-corrected chi connectivity index (χ2v) is 6.43. The van der Waals surface area contributed by atoms with Crippen molar-refractivity contribution in [2.24, 2.45) is 0 Å². The van der Waals surface area contributed by atoms with Gasteiger partial charge in [0.1, 0.15) is 0 Å². The first kappa shape index (κ1) is 14.2. The lowest BCUT2D eigenvalue weighted by Gasteiger charge is -2.35. The highest BCUT2D eigenvalue weighted by Gasteiger charge is 2.28. The fraction of sp³-hybridized carbons (Fsp3) is 0.500. The number of halogens is 1. The monoisotopic (exact) mass is 312 g/mol. The first-order chi connectivity index (χ1) is 9.74. The van der Waals surface area contributed by atoms with Crippen LogP contribution in [0.15, 0.2) is 24.3 Å². The minimum Gasteiger partial charge on any atom is -0.371 e. The number of morpholine rings is 1. The first-order valence-corrected chi connectivity index (χ1v) is 8.10. The molecule has 0 unspecified atom stereocenters. The maximum absolute atomic E-state index is 11.7. The van der Waals surface area contributed by atoms with E-state index in [1.165, 1.54) is 11.8 Å². The number of hydrogen-bond donors (Lipinski definition) is 0. The molecular weight excluding hydrogens is 296 g/mol. The molecule has 1 amide bonds. The van der Waals surface area contributed by atoms with Gasteiger partial charge in [0.05, 0.1) is 19.4 Å². The van der Waals surface area contributed by atoms with Crippen molar-refractivity contribution in [3.63, 3.8) is 0 Å². The molecule has 0 saturated carbocycles. The molecule has 0 radical (unpaired) electrons. The lowest BCUT2D eigenvalue weighted by molar-refractivity contribution is -0.0408. The highest BCUT2D eigenvalue weighted by atomic mass is 35.5. The minimum atomic E-state index is -0.0113. The molecule has 2 fully saturated rings. The van der Waals surface area contributed by atoms with Gasteiger partial charge in [0.25, 0.3) is 5.24 Å². The van der Waals surface area contributed by atoms with Crippen molar-refractivity contribution >= 4 is 28.6 Å². The third-order valence-corrected chi connectivity index (χ3v) is 4.85. The third-order valence-electron chi connectivity index (χ3n) is 3.62. The molecule has 0 spiro atoms. The van der Waals surface area contributed by atoms with Gasteiger partial charge >= 0.3 is 0 Å². The van der Waals surface area contributed by atoms with E-state index in [1.54, 1.807) is 0 Å². The maximum atomic E-state index is 11.7. The fourth-order valence-corrected chi connectivity index (χ4v) is 3.63. The lowest BCUT2D eigenvalue weighted by Crippen LogP contribution is -2.45. The van der Waals surface area contributed by atoms with Crippen LogP contribution >= 0.6 is 23.4 Å². The molecule has 1 aromatic rings. The van der Waals surface area contributed by atoms with Crippen LogP contribution in [0.2, 0.25) is 5.02 Å². The number of hydrogen-bond acceptors (Lipinski definition) is 4. The summed E-state index contributed by atoms with van der Waals surface area (Å²) in [7, 11) is 0. The van der Waals surface area contributed by atoms with Crippen molar-refractivity contribution in [1.82, 2.24) is 9.80 Å². The lowest BCUT2D eigenvalue weighted by atomic mass is 10.1. The second kappa shape index (κ2) is 6.35. The van der Waals surface area contributed by atoms with E-state index >= 15 is 0 Å².